The number of nitrogens with zero attached hydrogens (tertiary/aromatic N) is 1. The second-order valence-electron chi connectivity index (χ2n) is 3.60. The van der Waals surface area contributed by atoms with Crippen LogP contribution in [0.3, 0.4) is 0 Å². The zero-order chi connectivity index (χ0) is 12.3. The molecular formula is C13H11ClN2O. The minimum Gasteiger partial charge on any atom is -0.306 e. The van der Waals surface area contributed by atoms with Gasteiger partial charge in [-0.25, -0.2) is 4.98 Å². The molecule has 4 heteroatoms. The van der Waals surface area contributed by atoms with Gasteiger partial charge in [-0.2, -0.15) is 0 Å². The molecule has 0 saturated heterocycles. The topological polar surface area (TPSA) is 42.0 Å². The molecule has 1 heterocycles. The van der Waals surface area contributed by atoms with E-state index in [0.29, 0.717) is 16.4 Å². The van der Waals surface area contributed by atoms with E-state index in [4.69, 9.17) is 11.6 Å². The number of anilines is 1. The first-order valence-electron chi connectivity index (χ1n) is 5.16. The van der Waals surface area contributed by atoms with E-state index < -0.39 is 0 Å². The van der Waals surface area contributed by atoms with Crippen molar-refractivity contribution in [1.29, 1.82) is 0 Å². The lowest BCUT2D eigenvalue weighted by Gasteiger charge is -2.07. The van der Waals surface area contributed by atoms with Crippen LogP contribution in [0.5, 0.6) is 0 Å². The number of amides is 1. The number of carbonyl (C=O) groups excluding carboxylic acids is 1. The summed E-state index contributed by atoms with van der Waals surface area (Å²) in [4.78, 5) is 16.0. The number of aromatic nitrogens is 1. The Morgan fingerprint density at radius 1 is 1.24 bits per heavy atom. The van der Waals surface area contributed by atoms with Gasteiger partial charge >= 0.3 is 0 Å². The lowest BCUT2D eigenvalue weighted by molar-refractivity contribution is 0.102. The van der Waals surface area contributed by atoms with Gasteiger partial charge in [-0.15, -0.1) is 0 Å². The summed E-state index contributed by atoms with van der Waals surface area (Å²) in [5.74, 6) is 0.301. The van der Waals surface area contributed by atoms with Gasteiger partial charge in [0.05, 0.1) is 10.6 Å². The van der Waals surface area contributed by atoms with Crippen LogP contribution in [0.4, 0.5) is 5.82 Å². The van der Waals surface area contributed by atoms with Crippen LogP contribution in [0, 0.1) is 6.92 Å². The van der Waals surface area contributed by atoms with Crippen LogP contribution in [0.15, 0.2) is 42.6 Å². The van der Waals surface area contributed by atoms with Crippen molar-refractivity contribution in [2.45, 2.75) is 6.92 Å². The summed E-state index contributed by atoms with van der Waals surface area (Å²) in [5.41, 5.74) is 1.35. The minimum atomic E-state index is -0.252. The van der Waals surface area contributed by atoms with Crippen LogP contribution in [0.2, 0.25) is 5.02 Å². The van der Waals surface area contributed by atoms with Crippen LogP contribution in [0.25, 0.3) is 0 Å². The normalized spacial score (nSPS) is 10.0. The average Bonchev–Trinajstić information content (AvgIpc) is 2.32. The molecule has 1 N–H and O–H groups in total. The lowest BCUT2D eigenvalue weighted by atomic mass is 10.2. The van der Waals surface area contributed by atoms with E-state index in [0.717, 1.165) is 5.56 Å². The van der Waals surface area contributed by atoms with Crippen LogP contribution in [-0.4, -0.2) is 10.9 Å². The predicted molar refractivity (Wildman–Crippen MR) is 68.4 cm³/mol. The Morgan fingerprint density at radius 2 is 2.00 bits per heavy atom. The molecule has 2 rings (SSSR count). The summed E-state index contributed by atoms with van der Waals surface area (Å²) in [5, 5.41) is 3.16. The van der Waals surface area contributed by atoms with Crippen LogP contribution < -0.4 is 5.32 Å². The van der Waals surface area contributed by atoms with Gasteiger partial charge in [0.1, 0.15) is 5.82 Å². The molecule has 0 aliphatic rings. The Kier molecular flexibility index (Phi) is 3.40. The molecule has 0 fully saturated rings. The molecule has 0 saturated carbocycles. The molecule has 3 nitrogen and oxygen atoms in total. The number of pyridine rings is 1. The molecule has 1 aromatic heterocycles. The van der Waals surface area contributed by atoms with Gasteiger partial charge in [-0.1, -0.05) is 29.8 Å². The van der Waals surface area contributed by atoms with Crippen molar-refractivity contribution in [3.63, 3.8) is 0 Å². The van der Waals surface area contributed by atoms with E-state index in [1.807, 2.05) is 19.1 Å². The largest absolute Gasteiger partial charge is 0.306 e. The Labute approximate surface area is 104 Å². The maximum absolute atomic E-state index is 12.0. The fourth-order valence-corrected chi connectivity index (χ4v) is 1.66. The molecule has 0 aliphatic heterocycles. The molecule has 0 unspecified atom stereocenters. The first-order chi connectivity index (χ1) is 8.18. The van der Waals surface area contributed by atoms with Crippen molar-refractivity contribution < 1.29 is 4.79 Å². The maximum Gasteiger partial charge on any atom is 0.258 e. The van der Waals surface area contributed by atoms with Crippen molar-refractivity contribution in [2.24, 2.45) is 0 Å². The van der Waals surface area contributed by atoms with E-state index in [-0.39, 0.29) is 5.91 Å². The number of hydrogen-bond donors (Lipinski definition) is 1. The van der Waals surface area contributed by atoms with Crippen molar-refractivity contribution in [1.82, 2.24) is 4.98 Å². The molecule has 0 radical (unpaired) electrons. The molecule has 0 aliphatic carbocycles. The second-order valence-corrected chi connectivity index (χ2v) is 4.01. The van der Waals surface area contributed by atoms with Gasteiger partial charge in [0, 0.05) is 6.20 Å². The molecule has 2 aromatic rings. The van der Waals surface area contributed by atoms with Crippen molar-refractivity contribution >= 4 is 23.3 Å². The molecule has 86 valence electrons. The fraction of sp³-hybridized carbons (Fsp3) is 0.0769. The second kappa shape index (κ2) is 4.97. The molecule has 1 amide bonds. The number of nitrogens with one attached hydrogen (secondary N) is 1. The van der Waals surface area contributed by atoms with Gasteiger partial charge in [0.15, 0.2) is 0 Å². The summed E-state index contributed by atoms with van der Waals surface area (Å²) in [7, 11) is 0. The molecule has 0 atom stereocenters. The van der Waals surface area contributed by atoms with E-state index in [1.54, 1.807) is 30.5 Å². The van der Waals surface area contributed by atoms with E-state index in [2.05, 4.69) is 10.3 Å². The van der Waals surface area contributed by atoms with E-state index in [9.17, 15) is 4.79 Å². The van der Waals surface area contributed by atoms with E-state index in [1.165, 1.54) is 0 Å². The molecule has 0 spiro atoms. The Bertz CT molecular complexity index is 555. The average molecular weight is 247 g/mol. The standard InChI is InChI=1S/C13H11ClN2O/c1-9-5-4-8-15-12(9)16-13(17)10-6-2-3-7-11(10)14/h2-8H,1H3,(H,15,16,17). The predicted octanol–water partition coefficient (Wildman–Crippen LogP) is 3.30. The van der Waals surface area contributed by atoms with Gasteiger partial charge in [0.25, 0.3) is 5.91 Å². The van der Waals surface area contributed by atoms with Gasteiger partial charge in [-0.3, -0.25) is 4.79 Å². The van der Waals surface area contributed by atoms with Gasteiger partial charge in [-0.05, 0) is 30.7 Å². The lowest BCUT2D eigenvalue weighted by Crippen LogP contribution is -2.14. The van der Waals surface area contributed by atoms with Gasteiger partial charge in [0.2, 0.25) is 0 Å². The third-order valence-corrected chi connectivity index (χ3v) is 2.69. The Balaban J connectivity index is 2.24. The highest BCUT2D eigenvalue weighted by molar-refractivity contribution is 6.34. The fourth-order valence-electron chi connectivity index (χ4n) is 1.44. The summed E-state index contributed by atoms with van der Waals surface area (Å²) in [6.45, 7) is 1.88. The zero-order valence-corrected chi connectivity index (χ0v) is 10.0. The van der Waals surface area contributed by atoms with Crippen molar-refractivity contribution in [3.8, 4) is 0 Å². The summed E-state index contributed by atoms with van der Waals surface area (Å²) < 4.78 is 0. The first kappa shape index (κ1) is 11.6. The van der Waals surface area contributed by atoms with Crippen molar-refractivity contribution in [3.05, 3.63) is 58.7 Å². The SMILES string of the molecule is Cc1cccnc1NC(=O)c1ccccc1Cl. The van der Waals surface area contributed by atoms with Crippen LogP contribution >= 0.6 is 11.6 Å². The maximum atomic E-state index is 12.0. The highest BCUT2D eigenvalue weighted by atomic mass is 35.5. The molecule has 1 aromatic carbocycles. The number of carbonyl (C=O) groups is 1. The smallest absolute Gasteiger partial charge is 0.258 e. The minimum absolute atomic E-state index is 0.252. The highest BCUT2D eigenvalue weighted by Gasteiger charge is 2.10. The number of aryl methyl sites for hydroxylation is 1. The van der Waals surface area contributed by atoms with Crippen LogP contribution in [0.1, 0.15) is 15.9 Å². The third-order valence-electron chi connectivity index (χ3n) is 2.36. The molecular weight excluding hydrogens is 236 g/mol. The third kappa shape index (κ3) is 2.63. The highest BCUT2D eigenvalue weighted by Crippen LogP contribution is 2.17. The number of benzene rings is 1. The van der Waals surface area contributed by atoms with Crippen molar-refractivity contribution in [2.75, 3.05) is 5.32 Å². The van der Waals surface area contributed by atoms with Crippen LogP contribution in [-0.2, 0) is 0 Å². The first-order valence-corrected chi connectivity index (χ1v) is 5.54. The quantitative estimate of drug-likeness (QED) is 0.884. The van der Waals surface area contributed by atoms with Gasteiger partial charge < -0.3 is 5.32 Å². The molecule has 17 heavy (non-hydrogen) atoms. The number of halogens is 1. The zero-order valence-electron chi connectivity index (χ0n) is 9.27. The summed E-state index contributed by atoms with van der Waals surface area (Å²) >= 11 is 5.94. The monoisotopic (exact) mass is 246 g/mol. The Hall–Kier alpha value is -1.87. The van der Waals surface area contributed by atoms with E-state index >= 15 is 0 Å². The number of rotatable bonds is 2. The summed E-state index contributed by atoms with van der Waals surface area (Å²) in [6, 6.07) is 10.6. The Morgan fingerprint density at radius 3 is 2.71 bits per heavy atom. The summed E-state index contributed by atoms with van der Waals surface area (Å²) in [6.07, 6.45) is 1.63. The number of hydrogen-bond acceptors (Lipinski definition) is 2. The molecule has 0 bridgehead atoms.